The van der Waals surface area contributed by atoms with Crippen LogP contribution in [0.15, 0.2) is 12.3 Å². The Hall–Kier alpha value is -1.37. The van der Waals surface area contributed by atoms with E-state index < -0.39 is 0 Å². The molecule has 140 valence electrons. The summed E-state index contributed by atoms with van der Waals surface area (Å²) in [7, 11) is 0. The highest BCUT2D eigenvalue weighted by molar-refractivity contribution is 6.05. The summed E-state index contributed by atoms with van der Waals surface area (Å²) in [6, 6.07) is 2.32. The molecule has 0 spiro atoms. The quantitative estimate of drug-likeness (QED) is 0.845. The van der Waals surface area contributed by atoms with E-state index in [4.69, 9.17) is 0 Å². The van der Waals surface area contributed by atoms with Crippen LogP contribution in [-0.2, 0) is 0 Å². The number of aromatic nitrogens is 3. The second-order valence-corrected chi connectivity index (χ2v) is 6.41. The number of nitrogens with one attached hydrogen (secondary N) is 2. The Labute approximate surface area is 161 Å². The maximum Gasteiger partial charge on any atom is 0.252 e. The number of amides is 1. The van der Waals surface area contributed by atoms with Gasteiger partial charge in [-0.1, -0.05) is 6.92 Å². The molecule has 2 N–H and O–H groups in total. The number of fused-ring (bicyclic) bond motifs is 1. The Morgan fingerprint density at radius 1 is 1.48 bits per heavy atom. The van der Waals surface area contributed by atoms with E-state index in [1.807, 2.05) is 17.7 Å². The normalized spacial score (nSPS) is 18.1. The third-order valence-electron chi connectivity index (χ3n) is 4.58. The van der Waals surface area contributed by atoms with Gasteiger partial charge in [0.25, 0.3) is 5.91 Å². The number of rotatable bonds is 4. The van der Waals surface area contributed by atoms with E-state index in [1.165, 1.54) is 0 Å². The number of halogens is 2. The van der Waals surface area contributed by atoms with Crippen molar-refractivity contribution >= 4 is 41.8 Å². The molecular weight excluding hydrogens is 361 g/mol. The van der Waals surface area contributed by atoms with Crippen molar-refractivity contribution in [2.24, 2.45) is 0 Å². The minimum atomic E-state index is -0.0297. The van der Waals surface area contributed by atoms with E-state index in [2.05, 4.69) is 34.6 Å². The average Bonchev–Trinajstić information content (AvgIpc) is 2.97. The van der Waals surface area contributed by atoms with Crippen molar-refractivity contribution in [1.29, 1.82) is 0 Å². The van der Waals surface area contributed by atoms with Crippen molar-refractivity contribution in [3.63, 3.8) is 0 Å². The molecule has 3 heterocycles. The first-order chi connectivity index (χ1) is 11.1. The molecule has 2 aromatic heterocycles. The monoisotopic (exact) mass is 387 g/mol. The van der Waals surface area contributed by atoms with Crippen LogP contribution in [0.4, 0.5) is 0 Å². The minimum absolute atomic E-state index is 0. The standard InChI is InChI=1S/C17H25N5O.2ClH/c1-4-12(3)22-16-15(10-19-22)14(8-11(2)20-16)17(23)21-13-6-5-7-18-9-13;;/h8,10,12-13,18H,4-7,9H2,1-3H3,(H,21,23);2*1H. The molecule has 1 aliphatic heterocycles. The van der Waals surface area contributed by atoms with Crippen molar-refractivity contribution in [1.82, 2.24) is 25.4 Å². The highest BCUT2D eigenvalue weighted by Gasteiger charge is 2.21. The first kappa shape index (κ1) is 21.7. The molecular formula is C17H27Cl2N5O. The van der Waals surface area contributed by atoms with Crippen molar-refractivity contribution in [2.75, 3.05) is 13.1 Å². The molecule has 1 saturated heterocycles. The fourth-order valence-electron chi connectivity index (χ4n) is 3.06. The van der Waals surface area contributed by atoms with Gasteiger partial charge >= 0.3 is 0 Å². The predicted octanol–water partition coefficient (Wildman–Crippen LogP) is 3.04. The summed E-state index contributed by atoms with van der Waals surface area (Å²) in [6.07, 6.45) is 4.86. The Bertz CT molecular complexity index is 712. The maximum atomic E-state index is 12.7. The van der Waals surface area contributed by atoms with Crippen molar-refractivity contribution in [3.05, 3.63) is 23.5 Å². The van der Waals surface area contributed by atoms with Crippen LogP contribution in [0.25, 0.3) is 11.0 Å². The van der Waals surface area contributed by atoms with Gasteiger partial charge in [-0.3, -0.25) is 4.79 Å². The van der Waals surface area contributed by atoms with Crippen LogP contribution >= 0.6 is 24.8 Å². The van der Waals surface area contributed by atoms with Gasteiger partial charge in [-0.2, -0.15) is 5.10 Å². The van der Waals surface area contributed by atoms with Crippen LogP contribution in [0.3, 0.4) is 0 Å². The molecule has 2 atom stereocenters. The van der Waals surface area contributed by atoms with E-state index in [-0.39, 0.29) is 42.8 Å². The lowest BCUT2D eigenvalue weighted by Crippen LogP contribution is -2.45. The number of carbonyl (C=O) groups excluding carboxylic acids is 1. The zero-order chi connectivity index (χ0) is 16.4. The SMILES string of the molecule is CCC(C)n1ncc2c(C(=O)NC3CCCNC3)cc(C)nc21.Cl.Cl. The molecule has 0 bridgehead atoms. The third kappa shape index (κ3) is 4.63. The zero-order valence-corrected chi connectivity index (χ0v) is 16.5. The molecule has 2 aromatic rings. The molecule has 1 aliphatic rings. The van der Waals surface area contributed by atoms with Crippen molar-refractivity contribution in [3.8, 4) is 0 Å². The number of piperidine rings is 1. The second kappa shape index (κ2) is 9.36. The summed E-state index contributed by atoms with van der Waals surface area (Å²) in [5.74, 6) is -0.0297. The number of hydrogen-bond donors (Lipinski definition) is 2. The van der Waals surface area contributed by atoms with E-state index in [1.54, 1.807) is 6.20 Å². The third-order valence-corrected chi connectivity index (χ3v) is 4.58. The number of nitrogens with zero attached hydrogens (tertiary/aromatic N) is 3. The molecule has 1 amide bonds. The Morgan fingerprint density at radius 3 is 2.88 bits per heavy atom. The average molecular weight is 388 g/mol. The number of hydrogen-bond acceptors (Lipinski definition) is 4. The van der Waals surface area contributed by atoms with Crippen LogP contribution < -0.4 is 10.6 Å². The zero-order valence-electron chi connectivity index (χ0n) is 14.9. The number of aryl methyl sites for hydroxylation is 1. The fraction of sp³-hybridized carbons (Fsp3) is 0.588. The Morgan fingerprint density at radius 2 is 2.24 bits per heavy atom. The maximum absolute atomic E-state index is 12.7. The van der Waals surface area contributed by atoms with Gasteiger partial charge in [0.05, 0.1) is 23.2 Å². The molecule has 8 heteroatoms. The Balaban J connectivity index is 0.00000156. The molecule has 0 aromatic carbocycles. The molecule has 2 unspecified atom stereocenters. The molecule has 0 saturated carbocycles. The summed E-state index contributed by atoms with van der Waals surface area (Å²) in [5, 5.41) is 11.8. The van der Waals surface area contributed by atoms with Crippen LogP contribution in [0.2, 0.25) is 0 Å². The summed E-state index contributed by atoms with van der Waals surface area (Å²) < 4.78 is 1.92. The van der Waals surface area contributed by atoms with E-state index in [9.17, 15) is 4.79 Å². The minimum Gasteiger partial charge on any atom is -0.348 e. The highest BCUT2D eigenvalue weighted by Crippen LogP contribution is 2.22. The van der Waals surface area contributed by atoms with Crippen LogP contribution in [0.5, 0.6) is 0 Å². The summed E-state index contributed by atoms with van der Waals surface area (Å²) in [6.45, 7) is 8.03. The molecule has 3 rings (SSSR count). The molecule has 25 heavy (non-hydrogen) atoms. The Kier molecular flexibility index (Phi) is 8.12. The highest BCUT2D eigenvalue weighted by atomic mass is 35.5. The summed E-state index contributed by atoms with van der Waals surface area (Å²) in [4.78, 5) is 17.3. The van der Waals surface area contributed by atoms with Gasteiger partial charge in [-0.25, -0.2) is 9.67 Å². The molecule has 1 fully saturated rings. The van der Waals surface area contributed by atoms with Crippen molar-refractivity contribution < 1.29 is 4.79 Å². The largest absolute Gasteiger partial charge is 0.348 e. The topological polar surface area (TPSA) is 71.8 Å². The van der Waals surface area contributed by atoms with Gasteiger partial charge in [0.2, 0.25) is 0 Å². The van der Waals surface area contributed by atoms with Crippen LogP contribution in [0, 0.1) is 6.92 Å². The lowest BCUT2D eigenvalue weighted by atomic mass is 10.1. The molecule has 6 nitrogen and oxygen atoms in total. The van der Waals surface area contributed by atoms with Crippen molar-refractivity contribution in [2.45, 2.75) is 52.1 Å². The van der Waals surface area contributed by atoms with Crippen LogP contribution in [-0.4, -0.2) is 39.8 Å². The van der Waals surface area contributed by atoms with Gasteiger partial charge in [0.1, 0.15) is 0 Å². The molecule has 0 radical (unpaired) electrons. The predicted molar refractivity (Wildman–Crippen MR) is 105 cm³/mol. The lowest BCUT2D eigenvalue weighted by molar-refractivity contribution is 0.0932. The first-order valence-electron chi connectivity index (χ1n) is 8.46. The van der Waals surface area contributed by atoms with Gasteiger partial charge in [0, 0.05) is 18.3 Å². The van der Waals surface area contributed by atoms with Gasteiger partial charge in [-0.05, 0) is 45.7 Å². The lowest BCUT2D eigenvalue weighted by Gasteiger charge is -2.24. The summed E-state index contributed by atoms with van der Waals surface area (Å²) >= 11 is 0. The van der Waals surface area contributed by atoms with E-state index in [0.717, 1.165) is 49.1 Å². The van der Waals surface area contributed by atoms with Gasteiger partial charge in [0.15, 0.2) is 5.65 Å². The first-order valence-corrected chi connectivity index (χ1v) is 8.46. The van der Waals surface area contributed by atoms with E-state index in [0.29, 0.717) is 5.56 Å². The second-order valence-electron chi connectivity index (χ2n) is 6.41. The van der Waals surface area contributed by atoms with Gasteiger partial charge in [-0.15, -0.1) is 24.8 Å². The van der Waals surface area contributed by atoms with Crippen LogP contribution in [0.1, 0.15) is 55.2 Å². The smallest absolute Gasteiger partial charge is 0.252 e. The molecule has 0 aliphatic carbocycles. The number of pyridine rings is 1. The fourth-order valence-corrected chi connectivity index (χ4v) is 3.06. The number of carbonyl (C=O) groups is 1. The van der Waals surface area contributed by atoms with E-state index >= 15 is 0 Å². The van der Waals surface area contributed by atoms with Gasteiger partial charge < -0.3 is 10.6 Å². The summed E-state index contributed by atoms with van der Waals surface area (Å²) in [5.41, 5.74) is 2.31.